The molecule has 0 bridgehead atoms. The number of benzene rings is 1. The summed E-state index contributed by atoms with van der Waals surface area (Å²) in [5, 5.41) is 1.78. The zero-order chi connectivity index (χ0) is 17.4. The first-order valence-electron chi connectivity index (χ1n) is 5.31. The van der Waals surface area contributed by atoms with Gasteiger partial charge in [0, 0.05) is 6.07 Å². The van der Waals surface area contributed by atoms with Crippen LogP contribution < -0.4 is 5.32 Å². The Hall–Kier alpha value is -1.57. The van der Waals surface area contributed by atoms with E-state index in [0.29, 0.717) is 6.07 Å². The topological polar surface area (TPSA) is 159 Å². The van der Waals surface area contributed by atoms with Crippen LogP contribution in [0.2, 0.25) is 10.6 Å². The molecule has 0 aliphatic rings. The van der Waals surface area contributed by atoms with Crippen molar-refractivity contribution in [1.82, 2.24) is 15.0 Å². The lowest BCUT2D eigenvalue weighted by atomic mass is 10.3. The van der Waals surface area contributed by atoms with Gasteiger partial charge < -0.3 is 5.32 Å². The van der Waals surface area contributed by atoms with E-state index in [1.54, 1.807) is 0 Å². The molecule has 0 spiro atoms. The summed E-state index contributed by atoms with van der Waals surface area (Å²) in [5.74, 6) is -0.270. The predicted octanol–water partition coefficient (Wildman–Crippen LogP) is 1.22. The summed E-state index contributed by atoms with van der Waals surface area (Å²) in [6.07, 6.45) is 0. The number of hydrogen-bond acceptors (Lipinski definition) is 8. The molecule has 3 N–H and O–H groups in total. The number of anilines is 2. The van der Waals surface area contributed by atoms with Crippen molar-refractivity contribution in [3.63, 3.8) is 0 Å². The Morgan fingerprint density at radius 1 is 1.00 bits per heavy atom. The van der Waals surface area contributed by atoms with Crippen molar-refractivity contribution in [3.05, 3.63) is 28.8 Å². The molecule has 1 aromatic heterocycles. The van der Waals surface area contributed by atoms with Crippen molar-refractivity contribution >= 4 is 55.1 Å². The van der Waals surface area contributed by atoms with Gasteiger partial charge in [0.15, 0.2) is 0 Å². The van der Waals surface area contributed by atoms with Crippen LogP contribution in [0.25, 0.3) is 0 Å². The van der Waals surface area contributed by atoms with Gasteiger partial charge in [0.05, 0.1) is 5.69 Å². The molecule has 0 atom stereocenters. The van der Waals surface area contributed by atoms with Gasteiger partial charge in [0.25, 0.3) is 20.2 Å². The van der Waals surface area contributed by atoms with Crippen molar-refractivity contribution in [3.8, 4) is 0 Å². The summed E-state index contributed by atoms with van der Waals surface area (Å²) >= 11 is 11.1. The fraction of sp³-hybridized carbons (Fsp3) is 0. The van der Waals surface area contributed by atoms with Crippen LogP contribution in [0.3, 0.4) is 0 Å². The first kappa shape index (κ1) is 17.8. The lowest BCUT2D eigenvalue weighted by molar-refractivity contribution is 0.481. The fourth-order valence-corrected chi connectivity index (χ4v) is 2.98. The molecule has 2 rings (SSSR count). The van der Waals surface area contributed by atoms with E-state index in [0.717, 1.165) is 6.07 Å². The summed E-state index contributed by atoms with van der Waals surface area (Å²) in [7, 11) is -9.58. The second kappa shape index (κ2) is 6.14. The van der Waals surface area contributed by atoms with Crippen molar-refractivity contribution in [2.45, 2.75) is 9.79 Å². The second-order valence-electron chi connectivity index (χ2n) is 3.85. The van der Waals surface area contributed by atoms with Gasteiger partial charge in [0.2, 0.25) is 16.5 Å². The van der Waals surface area contributed by atoms with Crippen LogP contribution in [-0.2, 0) is 20.2 Å². The highest BCUT2D eigenvalue weighted by atomic mass is 35.5. The minimum absolute atomic E-state index is 0.270. The first-order chi connectivity index (χ1) is 10.5. The monoisotopic (exact) mass is 399 g/mol. The molecular weight excluding hydrogens is 395 g/mol. The quantitative estimate of drug-likeness (QED) is 0.637. The highest BCUT2D eigenvalue weighted by Gasteiger charge is 2.21. The second-order valence-corrected chi connectivity index (χ2v) is 7.30. The number of halogens is 2. The van der Waals surface area contributed by atoms with Crippen LogP contribution in [0, 0.1) is 6.07 Å². The normalized spacial score (nSPS) is 12.2. The molecule has 14 heteroatoms. The molecule has 10 nitrogen and oxygen atoms in total. The molecule has 2 aromatic rings. The van der Waals surface area contributed by atoms with E-state index in [-0.39, 0.29) is 22.2 Å². The van der Waals surface area contributed by atoms with Crippen molar-refractivity contribution in [1.29, 1.82) is 0 Å². The van der Waals surface area contributed by atoms with Crippen molar-refractivity contribution in [2.75, 3.05) is 5.32 Å². The third kappa shape index (κ3) is 4.46. The molecule has 123 valence electrons. The van der Waals surface area contributed by atoms with Gasteiger partial charge in [-0.05, 0) is 35.3 Å². The summed E-state index contributed by atoms with van der Waals surface area (Å²) in [4.78, 5) is 8.98. The molecule has 1 heterocycles. The van der Waals surface area contributed by atoms with Crippen LogP contribution >= 0.6 is 23.2 Å². The maximum Gasteiger partial charge on any atom is 0.296 e. The molecular formula is C9H5Cl2N4O6S2. The molecule has 0 unspecified atom stereocenters. The largest absolute Gasteiger partial charge is 0.323 e. The smallest absolute Gasteiger partial charge is 0.296 e. The lowest BCUT2D eigenvalue weighted by Gasteiger charge is -2.10. The Bertz CT molecular complexity index is 959. The van der Waals surface area contributed by atoms with Gasteiger partial charge in [-0.15, -0.1) is 0 Å². The zero-order valence-corrected chi connectivity index (χ0v) is 13.7. The van der Waals surface area contributed by atoms with Gasteiger partial charge in [0.1, 0.15) is 9.79 Å². The molecule has 0 aliphatic carbocycles. The van der Waals surface area contributed by atoms with Gasteiger partial charge in [-0.3, -0.25) is 9.11 Å². The van der Waals surface area contributed by atoms with Crippen LogP contribution in [0.4, 0.5) is 11.6 Å². The lowest BCUT2D eigenvalue weighted by Crippen LogP contribution is -2.08. The van der Waals surface area contributed by atoms with E-state index < -0.39 is 30.0 Å². The minimum Gasteiger partial charge on any atom is -0.323 e. The number of aromatic nitrogens is 3. The van der Waals surface area contributed by atoms with E-state index in [4.69, 9.17) is 27.8 Å². The minimum atomic E-state index is -4.85. The first-order valence-corrected chi connectivity index (χ1v) is 8.95. The Morgan fingerprint density at radius 3 is 2.04 bits per heavy atom. The van der Waals surface area contributed by atoms with Crippen LogP contribution in [0.15, 0.2) is 21.9 Å². The van der Waals surface area contributed by atoms with Gasteiger partial charge in [-0.2, -0.15) is 31.8 Å². The van der Waals surface area contributed by atoms with Crippen molar-refractivity contribution < 1.29 is 25.9 Å². The third-order valence-corrected chi connectivity index (χ3v) is 4.29. The van der Waals surface area contributed by atoms with E-state index in [1.165, 1.54) is 0 Å². The van der Waals surface area contributed by atoms with Gasteiger partial charge >= 0.3 is 0 Å². The Balaban J connectivity index is 2.58. The summed E-state index contributed by atoms with van der Waals surface area (Å²) < 4.78 is 62.9. The van der Waals surface area contributed by atoms with E-state index in [9.17, 15) is 21.4 Å². The zero-order valence-electron chi connectivity index (χ0n) is 10.6. The van der Waals surface area contributed by atoms with E-state index in [2.05, 4.69) is 26.3 Å². The van der Waals surface area contributed by atoms with Crippen LogP contribution in [0.1, 0.15) is 0 Å². The third-order valence-electron chi connectivity index (χ3n) is 2.27. The molecule has 0 saturated carbocycles. The molecule has 1 radical (unpaired) electrons. The van der Waals surface area contributed by atoms with Crippen LogP contribution in [0.5, 0.6) is 0 Å². The summed E-state index contributed by atoms with van der Waals surface area (Å²) in [6, 6.07) is 3.47. The summed E-state index contributed by atoms with van der Waals surface area (Å²) in [5.41, 5.74) is -0.335. The molecule has 1 aromatic carbocycles. The molecule has 0 amide bonds. The van der Waals surface area contributed by atoms with Crippen molar-refractivity contribution in [2.24, 2.45) is 0 Å². The highest BCUT2D eigenvalue weighted by Crippen LogP contribution is 2.26. The van der Waals surface area contributed by atoms with Gasteiger partial charge in [-0.25, -0.2) is 0 Å². The maximum atomic E-state index is 11.4. The van der Waals surface area contributed by atoms with Crippen LogP contribution in [-0.4, -0.2) is 40.9 Å². The molecule has 0 fully saturated rings. The standard InChI is InChI=1S/C9H5Cl2N4O6S2/c10-7-13-8(11)15-9(14-7)12-5-2-1-4(22(16,17)18)3-6(5)23(19,20)21/h2-3H,(H,16,17,18)(H,19,20,21)(H,12,13,14,15). The molecule has 0 saturated heterocycles. The number of hydrogen-bond donors (Lipinski definition) is 3. The van der Waals surface area contributed by atoms with E-state index in [1.807, 2.05) is 0 Å². The molecule has 0 aliphatic heterocycles. The highest BCUT2D eigenvalue weighted by molar-refractivity contribution is 7.86. The average Bonchev–Trinajstić information content (AvgIpc) is 2.35. The predicted molar refractivity (Wildman–Crippen MR) is 78.0 cm³/mol. The average molecular weight is 400 g/mol. The number of rotatable bonds is 4. The Morgan fingerprint density at radius 2 is 1.57 bits per heavy atom. The Labute approximate surface area is 140 Å². The number of nitrogens with zero attached hydrogens (tertiary/aromatic N) is 3. The fourth-order valence-electron chi connectivity index (χ4n) is 1.42. The Kier molecular flexibility index (Phi) is 4.75. The summed E-state index contributed by atoms with van der Waals surface area (Å²) in [6.45, 7) is 0. The van der Waals surface area contributed by atoms with Gasteiger partial charge in [-0.1, -0.05) is 0 Å². The maximum absolute atomic E-state index is 11.4. The van der Waals surface area contributed by atoms with E-state index >= 15 is 0 Å². The molecule has 23 heavy (non-hydrogen) atoms. The SMILES string of the molecule is O=S(=O)(O)c1[c]cc(Nc2nc(Cl)nc(Cl)n2)c(S(=O)(=O)O)c1. The number of nitrogens with one attached hydrogen (secondary N) is 1.